The van der Waals surface area contributed by atoms with Gasteiger partial charge in [0.2, 0.25) is 5.90 Å². The minimum absolute atomic E-state index is 0. The van der Waals surface area contributed by atoms with Crippen LogP contribution in [0.3, 0.4) is 0 Å². The molecule has 0 fully saturated rings. The minimum atomic E-state index is -2.92. The number of methoxy groups -OCH3 is 1. The molecule has 1 atom stereocenters. The van der Waals surface area contributed by atoms with Gasteiger partial charge in [0.1, 0.15) is 5.75 Å². The summed E-state index contributed by atoms with van der Waals surface area (Å²) in [5.74, 6) is -0.440. The van der Waals surface area contributed by atoms with Crippen LogP contribution in [0.5, 0.6) is 5.75 Å². The third-order valence-electron chi connectivity index (χ3n) is 1.87. The quantitative estimate of drug-likeness (QED) is 0.650. The molecule has 1 aromatic carbocycles. The van der Waals surface area contributed by atoms with E-state index in [0.29, 0.717) is 0 Å². The summed E-state index contributed by atoms with van der Waals surface area (Å²) in [6.07, 6.45) is -1.29. The van der Waals surface area contributed by atoms with E-state index < -0.39 is 12.7 Å². The number of aliphatic hydroxyl groups is 1. The van der Waals surface area contributed by atoms with Gasteiger partial charge in [0.15, 0.2) is 6.10 Å². The van der Waals surface area contributed by atoms with Crippen LogP contribution in [-0.2, 0) is 4.74 Å². The number of hydrogen-bond acceptors (Lipinski definition) is 4. The molecule has 1 rings (SSSR count). The molecule has 0 amide bonds. The Bertz CT molecular complexity index is 376. The predicted octanol–water partition coefficient (Wildman–Crippen LogP) is 2.37. The van der Waals surface area contributed by atoms with Crippen molar-refractivity contribution in [1.82, 2.24) is 0 Å². The number of nitrogens with one attached hydrogen (secondary N) is 1. The topological polar surface area (TPSA) is 62.5 Å². The van der Waals surface area contributed by atoms with E-state index in [0.717, 1.165) is 0 Å². The average molecular weight is 268 g/mol. The molecule has 1 unspecified atom stereocenters. The largest absolute Gasteiger partial charge is 0.482 e. The van der Waals surface area contributed by atoms with Crippen LogP contribution in [0.2, 0.25) is 0 Å². The Morgan fingerprint density at radius 3 is 2.59 bits per heavy atom. The van der Waals surface area contributed by atoms with Crippen LogP contribution < -0.4 is 4.74 Å². The third kappa shape index (κ3) is 4.54. The first-order valence-electron chi connectivity index (χ1n) is 4.40. The highest BCUT2D eigenvalue weighted by Crippen LogP contribution is 2.21. The molecule has 0 aromatic heterocycles. The van der Waals surface area contributed by atoms with E-state index in [-0.39, 0.29) is 29.6 Å². The van der Waals surface area contributed by atoms with Crippen molar-refractivity contribution in [3.05, 3.63) is 29.8 Å². The van der Waals surface area contributed by atoms with E-state index in [9.17, 15) is 13.9 Å². The van der Waals surface area contributed by atoms with Gasteiger partial charge in [-0.25, -0.2) is 0 Å². The first kappa shape index (κ1) is 15.6. The zero-order valence-corrected chi connectivity index (χ0v) is 9.71. The lowest BCUT2D eigenvalue weighted by Gasteiger charge is -2.12. The van der Waals surface area contributed by atoms with Gasteiger partial charge in [-0.2, -0.15) is 8.78 Å². The number of rotatable bonds is 4. The maximum absolute atomic E-state index is 11.9. The number of benzene rings is 1. The van der Waals surface area contributed by atoms with Gasteiger partial charge in [-0.1, -0.05) is 12.1 Å². The number of ether oxygens (including phenoxy) is 2. The molecule has 0 radical (unpaired) electrons. The van der Waals surface area contributed by atoms with Crippen LogP contribution in [0.1, 0.15) is 11.7 Å². The smallest absolute Gasteiger partial charge is 0.387 e. The molecule has 1 aromatic rings. The molecule has 0 aliphatic carbocycles. The molecular weight excluding hydrogens is 256 g/mol. The molecule has 0 heterocycles. The Balaban J connectivity index is 0.00000256. The molecule has 96 valence electrons. The monoisotopic (exact) mass is 267 g/mol. The van der Waals surface area contributed by atoms with Crippen molar-refractivity contribution in [1.29, 1.82) is 5.41 Å². The summed E-state index contributed by atoms with van der Waals surface area (Å²) in [4.78, 5) is 0. The van der Waals surface area contributed by atoms with Gasteiger partial charge < -0.3 is 14.6 Å². The molecule has 0 aliphatic heterocycles. The highest BCUT2D eigenvalue weighted by molar-refractivity contribution is 5.85. The summed E-state index contributed by atoms with van der Waals surface area (Å²) >= 11 is 0. The first-order valence-corrected chi connectivity index (χ1v) is 4.40. The molecule has 0 aliphatic rings. The minimum Gasteiger partial charge on any atom is -0.482 e. The normalized spacial score (nSPS) is 11.6. The maximum atomic E-state index is 11.9. The summed E-state index contributed by atoms with van der Waals surface area (Å²) < 4.78 is 32.5. The van der Waals surface area contributed by atoms with Crippen LogP contribution in [0.4, 0.5) is 8.78 Å². The Labute approximate surface area is 103 Å². The van der Waals surface area contributed by atoms with Crippen molar-refractivity contribution in [3.63, 3.8) is 0 Å². The zero-order chi connectivity index (χ0) is 12.1. The van der Waals surface area contributed by atoms with E-state index in [1.54, 1.807) is 0 Å². The molecule has 0 spiro atoms. The zero-order valence-electron chi connectivity index (χ0n) is 8.89. The highest BCUT2D eigenvalue weighted by atomic mass is 35.5. The first-order chi connectivity index (χ1) is 7.54. The number of alkyl halides is 2. The molecule has 7 heteroatoms. The predicted molar refractivity (Wildman–Crippen MR) is 60.0 cm³/mol. The lowest BCUT2D eigenvalue weighted by Crippen LogP contribution is -2.13. The molecule has 2 N–H and O–H groups in total. The highest BCUT2D eigenvalue weighted by Gasteiger charge is 2.15. The van der Waals surface area contributed by atoms with Crippen LogP contribution in [0.25, 0.3) is 0 Å². The lowest BCUT2D eigenvalue weighted by molar-refractivity contribution is -0.0499. The second-order valence-electron chi connectivity index (χ2n) is 2.92. The summed E-state index contributed by atoms with van der Waals surface area (Å²) in [5.41, 5.74) is 0.255. The molecule has 0 saturated carbocycles. The van der Waals surface area contributed by atoms with E-state index in [2.05, 4.69) is 9.47 Å². The van der Waals surface area contributed by atoms with Gasteiger partial charge in [0.05, 0.1) is 7.11 Å². The molecular formula is C10H12ClF2NO3. The number of halogens is 3. The number of hydrogen-bond donors (Lipinski definition) is 2. The molecule has 0 saturated heterocycles. The Morgan fingerprint density at radius 1 is 1.41 bits per heavy atom. The summed E-state index contributed by atoms with van der Waals surface area (Å²) in [6.45, 7) is -2.92. The standard InChI is InChI=1S/C10H11F2NO3.ClH/c1-15-9(13)8(14)6-3-2-4-7(5-6)16-10(11)12;/h2-5,8,10,13-14H,1H3;1H. The van der Waals surface area contributed by atoms with Crippen molar-refractivity contribution >= 4 is 18.3 Å². The SMILES string of the molecule is COC(=N)C(O)c1cccc(OC(F)F)c1.Cl. The van der Waals surface area contributed by atoms with Gasteiger partial charge in [0, 0.05) is 0 Å². The second kappa shape index (κ2) is 7.03. The van der Waals surface area contributed by atoms with Gasteiger partial charge in [0.25, 0.3) is 0 Å². The van der Waals surface area contributed by atoms with E-state index in [1.165, 1.54) is 31.4 Å². The molecule has 17 heavy (non-hydrogen) atoms. The summed E-state index contributed by atoms with van der Waals surface area (Å²) in [6, 6.07) is 5.49. The molecule has 0 bridgehead atoms. The van der Waals surface area contributed by atoms with Crippen molar-refractivity contribution in [2.75, 3.05) is 7.11 Å². The number of aliphatic hydroxyl groups excluding tert-OH is 1. The Hall–Kier alpha value is -1.40. The fourth-order valence-corrected chi connectivity index (χ4v) is 1.12. The van der Waals surface area contributed by atoms with E-state index in [1.807, 2.05) is 0 Å². The Morgan fingerprint density at radius 2 is 2.06 bits per heavy atom. The second-order valence-corrected chi connectivity index (χ2v) is 2.92. The van der Waals surface area contributed by atoms with Crippen molar-refractivity contribution in [2.45, 2.75) is 12.7 Å². The van der Waals surface area contributed by atoms with Crippen molar-refractivity contribution < 1.29 is 23.4 Å². The average Bonchev–Trinajstić information content (AvgIpc) is 2.26. The lowest BCUT2D eigenvalue weighted by atomic mass is 10.1. The van der Waals surface area contributed by atoms with Crippen LogP contribution in [0.15, 0.2) is 24.3 Å². The van der Waals surface area contributed by atoms with Crippen LogP contribution >= 0.6 is 12.4 Å². The Kier molecular flexibility index (Phi) is 6.45. The molecule has 4 nitrogen and oxygen atoms in total. The van der Waals surface area contributed by atoms with Crippen molar-refractivity contribution in [2.24, 2.45) is 0 Å². The van der Waals surface area contributed by atoms with Crippen molar-refractivity contribution in [3.8, 4) is 5.75 Å². The van der Waals surface area contributed by atoms with E-state index >= 15 is 0 Å². The fourth-order valence-electron chi connectivity index (χ4n) is 1.12. The maximum Gasteiger partial charge on any atom is 0.387 e. The fraction of sp³-hybridized carbons (Fsp3) is 0.300. The van der Waals surface area contributed by atoms with Gasteiger partial charge in [-0.05, 0) is 17.7 Å². The van der Waals surface area contributed by atoms with Crippen LogP contribution in [0, 0.1) is 5.41 Å². The van der Waals surface area contributed by atoms with Gasteiger partial charge in [-0.15, -0.1) is 12.4 Å². The summed E-state index contributed by atoms with van der Waals surface area (Å²) in [7, 11) is 1.24. The van der Waals surface area contributed by atoms with E-state index in [4.69, 9.17) is 5.41 Å². The van der Waals surface area contributed by atoms with Crippen LogP contribution in [-0.4, -0.2) is 24.7 Å². The van der Waals surface area contributed by atoms with Gasteiger partial charge in [-0.3, -0.25) is 5.41 Å². The summed E-state index contributed by atoms with van der Waals surface area (Å²) in [5, 5.41) is 16.8. The van der Waals surface area contributed by atoms with Gasteiger partial charge >= 0.3 is 6.61 Å². The third-order valence-corrected chi connectivity index (χ3v) is 1.87.